The molecule has 0 bridgehead atoms. The van der Waals surface area contributed by atoms with E-state index < -0.39 is 11.8 Å². The zero-order valence-corrected chi connectivity index (χ0v) is 8.83. The summed E-state index contributed by atoms with van der Waals surface area (Å²) in [6.07, 6.45) is 3.56. The molecule has 1 aliphatic rings. The zero-order chi connectivity index (χ0) is 10.6. The molecule has 2 amide bonds. The largest absolute Gasteiger partial charge is 0.336 e. The van der Waals surface area contributed by atoms with Crippen molar-refractivity contribution in [1.82, 2.24) is 9.80 Å². The minimum absolute atomic E-state index is 0.426. The zero-order valence-electron chi connectivity index (χ0n) is 8.07. The highest BCUT2D eigenvalue weighted by Gasteiger charge is 2.29. The van der Waals surface area contributed by atoms with E-state index in [0.717, 1.165) is 0 Å². The van der Waals surface area contributed by atoms with Crippen LogP contribution in [0.1, 0.15) is 0 Å². The van der Waals surface area contributed by atoms with E-state index in [1.54, 1.807) is 19.2 Å². The number of carbonyl (C=O) groups excluding carboxylic acids is 2. The highest BCUT2D eigenvalue weighted by molar-refractivity contribution is 6.35. The van der Waals surface area contributed by atoms with E-state index >= 15 is 0 Å². The number of amides is 2. The molecule has 0 radical (unpaired) electrons. The molecule has 1 saturated heterocycles. The number of allylic oxidation sites excluding steroid dienone is 1. The summed E-state index contributed by atoms with van der Waals surface area (Å²) in [7, 11) is 1.63. The summed E-state index contributed by atoms with van der Waals surface area (Å²) < 4.78 is 0. The maximum Gasteiger partial charge on any atom is 0.312 e. The van der Waals surface area contributed by atoms with Crippen LogP contribution in [0.3, 0.4) is 0 Å². The molecule has 78 valence electrons. The summed E-state index contributed by atoms with van der Waals surface area (Å²) >= 11 is 5.44. The minimum Gasteiger partial charge on any atom is -0.336 e. The van der Waals surface area contributed by atoms with Crippen LogP contribution in [0.15, 0.2) is 12.2 Å². The Bertz CT molecular complexity index is 266. The van der Waals surface area contributed by atoms with Gasteiger partial charge in [-0.3, -0.25) is 9.59 Å². The van der Waals surface area contributed by atoms with E-state index in [2.05, 4.69) is 0 Å². The summed E-state index contributed by atoms with van der Waals surface area (Å²) in [5.41, 5.74) is 0. The molecule has 0 saturated carbocycles. The fraction of sp³-hybridized carbons (Fsp3) is 0.556. The Labute approximate surface area is 88.1 Å². The number of hydrogen-bond acceptors (Lipinski definition) is 2. The minimum atomic E-state index is -0.435. The van der Waals surface area contributed by atoms with Gasteiger partial charge < -0.3 is 9.80 Å². The van der Waals surface area contributed by atoms with Crippen molar-refractivity contribution >= 4 is 23.4 Å². The molecule has 0 atom stereocenters. The molecule has 0 N–H and O–H groups in total. The predicted octanol–water partition coefficient (Wildman–Crippen LogP) is 0.0820. The first-order valence-corrected chi connectivity index (χ1v) is 4.95. The van der Waals surface area contributed by atoms with Gasteiger partial charge in [0, 0.05) is 32.6 Å². The Balaban J connectivity index is 2.51. The number of hydrogen-bond donors (Lipinski definition) is 0. The predicted molar refractivity (Wildman–Crippen MR) is 54.1 cm³/mol. The van der Waals surface area contributed by atoms with Crippen molar-refractivity contribution in [2.24, 2.45) is 0 Å². The quantitative estimate of drug-likeness (QED) is 0.381. The summed E-state index contributed by atoms with van der Waals surface area (Å²) in [6.45, 7) is 1.65. The average Bonchev–Trinajstić information content (AvgIpc) is 2.18. The van der Waals surface area contributed by atoms with Crippen molar-refractivity contribution in [3.05, 3.63) is 12.2 Å². The number of halogens is 1. The van der Waals surface area contributed by atoms with Gasteiger partial charge in [-0.25, -0.2) is 0 Å². The summed E-state index contributed by atoms with van der Waals surface area (Å²) in [5.74, 6) is -0.441. The summed E-state index contributed by atoms with van der Waals surface area (Å²) in [6, 6.07) is 0. The van der Waals surface area contributed by atoms with Gasteiger partial charge in [0.2, 0.25) is 0 Å². The number of likely N-dealkylation sites (N-methyl/N-ethyl adjacent to an activating group) is 1. The monoisotopic (exact) mass is 216 g/mol. The van der Waals surface area contributed by atoms with Crippen LogP contribution in [0.5, 0.6) is 0 Å². The number of piperazine rings is 1. The van der Waals surface area contributed by atoms with Crippen LogP contribution >= 0.6 is 11.6 Å². The van der Waals surface area contributed by atoms with E-state index in [1.807, 2.05) is 0 Å². The molecule has 1 fully saturated rings. The van der Waals surface area contributed by atoms with Gasteiger partial charge in [0.25, 0.3) is 0 Å². The van der Waals surface area contributed by atoms with E-state index in [1.165, 1.54) is 9.80 Å². The van der Waals surface area contributed by atoms with Crippen molar-refractivity contribution in [3.63, 3.8) is 0 Å². The van der Waals surface area contributed by atoms with Crippen LogP contribution < -0.4 is 0 Å². The van der Waals surface area contributed by atoms with E-state index in [9.17, 15) is 9.59 Å². The molecular weight excluding hydrogens is 204 g/mol. The third-order valence-corrected chi connectivity index (χ3v) is 2.28. The highest BCUT2D eigenvalue weighted by Crippen LogP contribution is 2.02. The van der Waals surface area contributed by atoms with E-state index in [0.29, 0.717) is 25.5 Å². The fourth-order valence-electron chi connectivity index (χ4n) is 1.21. The Morgan fingerprint density at radius 3 is 2.64 bits per heavy atom. The Morgan fingerprint density at radius 1 is 1.29 bits per heavy atom. The first-order chi connectivity index (χ1) is 6.66. The van der Waals surface area contributed by atoms with Crippen molar-refractivity contribution in [1.29, 1.82) is 0 Å². The van der Waals surface area contributed by atoms with E-state index in [4.69, 9.17) is 11.6 Å². The summed E-state index contributed by atoms with van der Waals surface area (Å²) in [5, 5.41) is 0. The van der Waals surface area contributed by atoms with Crippen molar-refractivity contribution in [2.75, 3.05) is 32.6 Å². The van der Waals surface area contributed by atoms with Gasteiger partial charge in [-0.1, -0.05) is 12.2 Å². The van der Waals surface area contributed by atoms with Crippen LogP contribution in [0.25, 0.3) is 0 Å². The number of nitrogens with zero attached hydrogens (tertiary/aromatic N) is 2. The second-order valence-corrected chi connectivity index (χ2v) is 3.41. The van der Waals surface area contributed by atoms with Gasteiger partial charge in [0.05, 0.1) is 0 Å². The third-order valence-electron chi connectivity index (χ3n) is 2.10. The lowest BCUT2D eigenvalue weighted by molar-refractivity contribution is -0.154. The average molecular weight is 217 g/mol. The molecule has 14 heavy (non-hydrogen) atoms. The van der Waals surface area contributed by atoms with Crippen molar-refractivity contribution in [3.8, 4) is 0 Å². The highest BCUT2D eigenvalue weighted by atomic mass is 35.5. The Kier molecular flexibility index (Phi) is 3.95. The molecule has 0 aromatic heterocycles. The normalized spacial score (nSPS) is 18.4. The number of rotatable bonds is 3. The lowest BCUT2D eigenvalue weighted by Gasteiger charge is -2.30. The van der Waals surface area contributed by atoms with Gasteiger partial charge in [-0.05, 0) is 0 Å². The molecule has 5 heteroatoms. The molecule has 0 aromatic rings. The molecule has 4 nitrogen and oxygen atoms in total. The molecule has 0 aliphatic carbocycles. The van der Waals surface area contributed by atoms with Crippen LogP contribution in [-0.2, 0) is 9.59 Å². The maximum atomic E-state index is 11.4. The second-order valence-electron chi connectivity index (χ2n) is 3.10. The van der Waals surface area contributed by atoms with E-state index in [-0.39, 0.29) is 0 Å². The van der Waals surface area contributed by atoms with Gasteiger partial charge in [0.1, 0.15) is 0 Å². The summed E-state index contributed by atoms with van der Waals surface area (Å²) in [4.78, 5) is 25.6. The smallest absolute Gasteiger partial charge is 0.312 e. The lowest BCUT2D eigenvalue weighted by Crippen LogP contribution is -2.52. The van der Waals surface area contributed by atoms with Gasteiger partial charge in [-0.15, -0.1) is 11.6 Å². The first kappa shape index (κ1) is 11.0. The fourth-order valence-corrected chi connectivity index (χ4v) is 1.34. The van der Waals surface area contributed by atoms with Gasteiger partial charge in [-0.2, -0.15) is 0 Å². The molecule has 0 unspecified atom stereocenters. The van der Waals surface area contributed by atoms with Crippen LogP contribution in [0, 0.1) is 0 Å². The van der Waals surface area contributed by atoms with Gasteiger partial charge in [0.15, 0.2) is 0 Å². The van der Waals surface area contributed by atoms with Crippen molar-refractivity contribution < 1.29 is 9.59 Å². The van der Waals surface area contributed by atoms with Crippen LogP contribution in [0.4, 0.5) is 0 Å². The third kappa shape index (κ3) is 2.48. The lowest BCUT2D eigenvalue weighted by atomic mass is 10.3. The number of carbonyl (C=O) groups is 2. The topological polar surface area (TPSA) is 40.6 Å². The van der Waals surface area contributed by atoms with Gasteiger partial charge >= 0.3 is 11.8 Å². The van der Waals surface area contributed by atoms with Crippen LogP contribution in [-0.4, -0.2) is 54.2 Å². The number of alkyl halides is 1. The van der Waals surface area contributed by atoms with Crippen molar-refractivity contribution in [2.45, 2.75) is 0 Å². The molecule has 1 rings (SSSR count). The molecule has 1 aliphatic heterocycles. The SMILES string of the molecule is CN1CCN(CC=CCCl)C(=O)C1=O. The molecular formula is C9H13ClN2O2. The standard InChI is InChI=1S/C9H13ClN2O2/c1-11-6-7-12(5-3-2-4-10)9(14)8(11)13/h2-3H,4-7H2,1H3. The molecule has 0 aromatic carbocycles. The van der Waals surface area contributed by atoms with Crippen LogP contribution in [0.2, 0.25) is 0 Å². The molecule has 0 spiro atoms. The maximum absolute atomic E-state index is 11.4. The Morgan fingerprint density at radius 2 is 2.00 bits per heavy atom. The molecule has 1 heterocycles. The first-order valence-electron chi connectivity index (χ1n) is 4.42. The second kappa shape index (κ2) is 5.00. The Hall–Kier alpha value is -1.03.